The minimum absolute atomic E-state index is 0. The van der Waals surface area contributed by atoms with Crippen molar-refractivity contribution in [3.63, 3.8) is 0 Å². The summed E-state index contributed by atoms with van der Waals surface area (Å²) in [6, 6.07) is 2.12. The second-order valence-electron chi connectivity index (χ2n) is 6.27. The van der Waals surface area contributed by atoms with Crippen LogP contribution >= 0.6 is 35.3 Å². The highest BCUT2D eigenvalue weighted by molar-refractivity contribution is 14.0. The Morgan fingerprint density at radius 3 is 2.56 bits per heavy atom. The van der Waals surface area contributed by atoms with Crippen LogP contribution in [0, 0.1) is 12.8 Å². The van der Waals surface area contributed by atoms with Gasteiger partial charge >= 0.3 is 0 Å². The number of carbonyl (C=O) groups is 1. The van der Waals surface area contributed by atoms with Crippen molar-refractivity contribution in [2.75, 3.05) is 19.6 Å². The van der Waals surface area contributed by atoms with E-state index in [1.807, 2.05) is 0 Å². The third-order valence-electron chi connectivity index (χ3n) is 4.39. The van der Waals surface area contributed by atoms with Crippen LogP contribution in [0.25, 0.3) is 0 Å². The van der Waals surface area contributed by atoms with E-state index in [0.717, 1.165) is 25.3 Å². The predicted molar refractivity (Wildman–Crippen MR) is 117 cm³/mol. The third-order valence-corrected chi connectivity index (χ3v) is 5.39. The summed E-state index contributed by atoms with van der Waals surface area (Å²) in [5, 5.41) is 11.7. The first-order chi connectivity index (χ1) is 11.7. The molecule has 0 atom stereocenters. The second-order valence-corrected chi connectivity index (χ2v) is 7.28. The van der Waals surface area contributed by atoms with Gasteiger partial charge in [-0.3, -0.25) is 4.79 Å². The number of halogens is 1. The van der Waals surface area contributed by atoms with Crippen molar-refractivity contribution in [2.45, 2.75) is 52.5 Å². The SMILES string of the molecule is CCNC(=NCc1sccc1C)NCCNC(=O)C1CCCCC1.I. The Bertz CT molecular complexity index is 541. The maximum Gasteiger partial charge on any atom is 0.223 e. The number of aliphatic imine (C=N–C) groups is 1. The fourth-order valence-corrected chi connectivity index (χ4v) is 3.76. The number of amides is 1. The van der Waals surface area contributed by atoms with E-state index in [0.29, 0.717) is 19.6 Å². The molecular weight excluding hydrogens is 447 g/mol. The Kier molecular flexibility index (Phi) is 11.1. The van der Waals surface area contributed by atoms with E-state index in [9.17, 15) is 4.79 Å². The van der Waals surface area contributed by atoms with Crippen molar-refractivity contribution in [2.24, 2.45) is 10.9 Å². The minimum atomic E-state index is 0. The monoisotopic (exact) mass is 478 g/mol. The number of aryl methyl sites for hydroxylation is 1. The van der Waals surface area contributed by atoms with E-state index in [1.54, 1.807) is 11.3 Å². The van der Waals surface area contributed by atoms with Crippen molar-refractivity contribution in [3.05, 3.63) is 21.9 Å². The molecule has 1 heterocycles. The lowest BCUT2D eigenvalue weighted by molar-refractivity contribution is -0.125. The molecule has 1 amide bonds. The Balaban J connectivity index is 0.00000312. The van der Waals surface area contributed by atoms with E-state index in [-0.39, 0.29) is 35.8 Å². The molecule has 3 N–H and O–H groups in total. The summed E-state index contributed by atoms with van der Waals surface area (Å²) >= 11 is 1.74. The average Bonchev–Trinajstić information content (AvgIpc) is 3.02. The molecule has 0 spiro atoms. The maximum absolute atomic E-state index is 12.1. The highest BCUT2D eigenvalue weighted by atomic mass is 127. The molecule has 1 aromatic rings. The smallest absolute Gasteiger partial charge is 0.223 e. The van der Waals surface area contributed by atoms with Gasteiger partial charge < -0.3 is 16.0 Å². The molecule has 0 aromatic carbocycles. The molecule has 1 aromatic heterocycles. The molecule has 1 aliphatic rings. The molecule has 2 rings (SSSR count). The van der Waals surface area contributed by atoms with E-state index in [2.05, 4.69) is 46.2 Å². The summed E-state index contributed by atoms with van der Waals surface area (Å²) in [6.45, 7) is 7.00. The molecule has 0 bridgehead atoms. The average molecular weight is 478 g/mol. The van der Waals surface area contributed by atoms with Gasteiger partial charge in [-0.2, -0.15) is 0 Å². The summed E-state index contributed by atoms with van der Waals surface area (Å²) in [6.07, 6.45) is 5.75. The molecule has 1 fully saturated rings. The van der Waals surface area contributed by atoms with Gasteiger partial charge in [0.1, 0.15) is 0 Å². The van der Waals surface area contributed by atoms with Gasteiger partial charge in [-0.15, -0.1) is 35.3 Å². The first-order valence-corrected chi connectivity index (χ1v) is 9.91. The van der Waals surface area contributed by atoms with Crippen molar-refractivity contribution >= 4 is 47.2 Å². The molecule has 142 valence electrons. The number of hydrogen-bond donors (Lipinski definition) is 3. The highest BCUT2D eigenvalue weighted by Crippen LogP contribution is 2.23. The van der Waals surface area contributed by atoms with Gasteiger partial charge in [0.2, 0.25) is 5.91 Å². The lowest BCUT2D eigenvalue weighted by atomic mass is 9.89. The largest absolute Gasteiger partial charge is 0.357 e. The second kappa shape index (κ2) is 12.5. The fraction of sp³-hybridized carbons (Fsp3) is 0.667. The zero-order valence-electron chi connectivity index (χ0n) is 15.3. The van der Waals surface area contributed by atoms with Gasteiger partial charge in [0.25, 0.3) is 0 Å². The Labute approximate surface area is 172 Å². The quantitative estimate of drug-likeness (QED) is 0.244. The number of carbonyl (C=O) groups excluding carboxylic acids is 1. The van der Waals surface area contributed by atoms with Gasteiger partial charge in [0.05, 0.1) is 6.54 Å². The minimum Gasteiger partial charge on any atom is -0.357 e. The third kappa shape index (κ3) is 7.94. The maximum atomic E-state index is 12.1. The number of thiophene rings is 1. The van der Waals surface area contributed by atoms with Crippen LogP contribution in [-0.4, -0.2) is 31.5 Å². The summed E-state index contributed by atoms with van der Waals surface area (Å²) in [4.78, 5) is 18.0. The molecule has 1 saturated carbocycles. The van der Waals surface area contributed by atoms with Crippen LogP contribution < -0.4 is 16.0 Å². The number of nitrogens with one attached hydrogen (secondary N) is 3. The Hall–Kier alpha value is -0.830. The van der Waals surface area contributed by atoms with Crippen LogP contribution in [0.5, 0.6) is 0 Å². The Morgan fingerprint density at radius 2 is 1.92 bits per heavy atom. The summed E-state index contributed by atoms with van der Waals surface area (Å²) in [7, 11) is 0. The number of hydrogen-bond acceptors (Lipinski definition) is 3. The molecule has 0 saturated heterocycles. The van der Waals surface area contributed by atoms with Gasteiger partial charge in [0.15, 0.2) is 5.96 Å². The van der Waals surface area contributed by atoms with Crippen molar-refractivity contribution in [1.29, 1.82) is 0 Å². The molecule has 0 aliphatic heterocycles. The van der Waals surface area contributed by atoms with E-state index >= 15 is 0 Å². The summed E-state index contributed by atoms with van der Waals surface area (Å²) in [5.41, 5.74) is 1.29. The molecule has 0 radical (unpaired) electrons. The number of rotatable bonds is 7. The lowest BCUT2D eigenvalue weighted by Gasteiger charge is -2.21. The van der Waals surface area contributed by atoms with Crippen molar-refractivity contribution in [1.82, 2.24) is 16.0 Å². The molecular formula is C18H31IN4OS. The lowest BCUT2D eigenvalue weighted by Crippen LogP contribution is -2.42. The molecule has 25 heavy (non-hydrogen) atoms. The molecule has 7 heteroatoms. The topological polar surface area (TPSA) is 65.5 Å². The van der Waals surface area contributed by atoms with Crippen molar-refractivity contribution in [3.8, 4) is 0 Å². The van der Waals surface area contributed by atoms with Crippen LogP contribution in [0.1, 0.15) is 49.5 Å². The molecule has 5 nitrogen and oxygen atoms in total. The van der Waals surface area contributed by atoms with Crippen LogP contribution in [-0.2, 0) is 11.3 Å². The standard InChI is InChI=1S/C18H30N4OS.HI/c1-3-19-18(22-13-16-14(2)9-12-24-16)21-11-10-20-17(23)15-7-5-4-6-8-15;/h9,12,15H,3-8,10-11,13H2,1-2H3,(H,20,23)(H2,19,21,22);1H. The summed E-state index contributed by atoms with van der Waals surface area (Å²) in [5.74, 6) is 1.24. The van der Waals surface area contributed by atoms with Crippen LogP contribution in [0.15, 0.2) is 16.4 Å². The zero-order valence-corrected chi connectivity index (χ0v) is 18.4. The molecule has 1 aliphatic carbocycles. The van der Waals surface area contributed by atoms with E-state index in [4.69, 9.17) is 0 Å². The number of guanidine groups is 1. The van der Waals surface area contributed by atoms with Crippen LogP contribution in [0.4, 0.5) is 0 Å². The fourth-order valence-electron chi connectivity index (χ4n) is 2.93. The summed E-state index contributed by atoms with van der Waals surface area (Å²) < 4.78 is 0. The van der Waals surface area contributed by atoms with Gasteiger partial charge in [-0.05, 0) is 43.7 Å². The first-order valence-electron chi connectivity index (χ1n) is 9.03. The first kappa shape index (κ1) is 22.2. The zero-order chi connectivity index (χ0) is 17.2. The van der Waals surface area contributed by atoms with Crippen molar-refractivity contribution < 1.29 is 4.79 Å². The van der Waals surface area contributed by atoms with Crippen LogP contribution in [0.2, 0.25) is 0 Å². The highest BCUT2D eigenvalue weighted by Gasteiger charge is 2.20. The van der Waals surface area contributed by atoms with E-state index in [1.165, 1.54) is 29.7 Å². The van der Waals surface area contributed by atoms with Gasteiger partial charge in [0, 0.05) is 30.4 Å². The van der Waals surface area contributed by atoms with Gasteiger partial charge in [-0.1, -0.05) is 19.3 Å². The Morgan fingerprint density at radius 1 is 1.20 bits per heavy atom. The van der Waals surface area contributed by atoms with E-state index < -0.39 is 0 Å². The molecule has 0 unspecified atom stereocenters. The normalized spacial score (nSPS) is 15.4. The predicted octanol–water partition coefficient (Wildman–Crippen LogP) is 3.43. The number of nitrogens with zero attached hydrogens (tertiary/aromatic N) is 1. The van der Waals surface area contributed by atoms with Crippen LogP contribution in [0.3, 0.4) is 0 Å². The van der Waals surface area contributed by atoms with Gasteiger partial charge in [-0.25, -0.2) is 4.99 Å².